The average Bonchev–Trinajstić information content (AvgIpc) is 3.08. The zero-order chi connectivity index (χ0) is 16.2. The Hall–Kier alpha value is -2.59. The lowest BCUT2D eigenvalue weighted by Crippen LogP contribution is -2.10. The predicted octanol–water partition coefficient (Wildman–Crippen LogP) is 4.40. The normalized spacial score (nSPS) is 12.3. The standard InChI is InChI=1S/C19H18O4/c1-21-18(13-6-4-3-5-7-13)12-16(20)14-8-9-17-15(10-11-23-17)19(14)22-2/h3-11,18H,12H2,1-2H3/t18-/m1/s1. The second-order valence-corrected chi connectivity index (χ2v) is 5.24. The summed E-state index contributed by atoms with van der Waals surface area (Å²) in [6.07, 6.45) is 1.55. The summed E-state index contributed by atoms with van der Waals surface area (Å²) in [4.78, 5) is 12.7. The first-order valence-corrected chi connectivity index (χ1v) is 7.39. The molecule has 1 aromatic heterocycles. The number of Topliss-reactive ketones (excluding diaryl/α,β-unsaturated/α-hetero) is 1. The van der Waals surface area contributed by atoms with Crippen molar-refractivity contribution >= 4 is 16.8 Å². The molecule has 0 bridgehead atoms. The van der Waals surface area contributed by atoms with Crippen LogP contribution in [0.15, 0.2) is 59.2 Å². The van der Waals surface area contributed by atoms with Crippen LogP contribution in [0, 0.1) is 0 Å². The minimum atomic E-state index is -0.284. The molecule has 0 aliphatic carbocycles. The molecule has 4 heteroatoms. The highest BCUT2D eigenvalue weighted by Gasteiger charge is 2.21. The Morgan fingerprint density at radius 2 is 1.87 bits per heavy atom. The molecule has 3 aromatic rings. The van der Waals surface area contributed by atoms with Crippen LogP contribution in [0.5, 0.6) is 5.75 Å². The van der Waals surface area contributed by atoms with Crippen molar-refractivity contribution in [3.05, 3.63) is 65.9 Å². The van der Waals surface area contributed by atoms with Gasteiger partial charge in [0.15, 0.2) is 5.78 Å². The number of fused-ring (bicyclic) bond motifs is 1. The van der Waals surface area contributed by atoms with Crippen molar-refractivity contribution in [2.45, 2.75) is 12.5 Å². The zero-order valence-corrected chi connectivity index (χ0v) is 13.1. The Kier molecular flexibility index (Phi) is 4.44. The Balaban J connectivity index is 1.91. The summed E-state index contributed by atoms with van der Waals surface area (Å²) >= 11 is 0. The summed E-state index contributed by atoms with van der Waals surface area (Å²) < 4.78 is 16.3. The minimum absolute atomic E-state index is 0.0272. The summed E-state index contributed by atoms with van der Waals surface area (Å²) in [6.45, 7) is 0. The van der Waals surface area contributed by atoms with Crippen LogP contribution in [-0.2, 0) is 4.74 Å². The Bertz CT molecular complexity index is 805. The molecule has 0 saturated carbocycles. The molecule has 0 radical (unpaired) electrons. The molecule has 118 valence electrons. The first-order valence-electron chi connectivity index (χ1n) is 7.39. The molecule has 23 heavy (non-hydrogen) atoms. The molecule has 4 nitrogen and oxygen atoms in total. The first-order chi connectivity index (χ1) is 11.2. The molecule has 1 heterocycles. The van der Waals surface area contributed by atoms with E-state index in [4.69, 9.17) is 13.9 Å². The third-order valence-corrected chi connectivity index (χ3v) is 3.92. The molecule has 0 fully saturated rings. The number of carbonyl (C=O) groups excluding carboxylic acids is 1. The van der Waals surface area contributed by atoms with Gasteiger partial charge in [0.1, 0.15) is 11.3 Å². The first kappa shape index (κ1) is 15.3. The van der Waals surface area contributed by atoms with Gasteiger partial charge >= 0.3 is 0 Å². The maximum Gasteiger partial charge on any atom is 0.169 e. The van der Waals surface area contributed by atoms with E-state index in [1.165, 1.54) is 0 Å². The van der Waals surface area contributed by atoms with E-state index in [1.54, 1.807) is 38.7 Å². The molecule has 0 amide bonds. The van der Waals surface area contributed by atoms with E-state index in [-0.39, 0.29) is 18.3 Å². The number of hydrogen-bond donors (Lipinski definition) is 0. The molecule has 0 N–H and O–H groups in total. The molecule has 3 rings (SSSR count). The van der Waals surface area contributed by atoms with Crippen LogP contribution in [0.3, 0.4) is 0 Å². The number of hydrogen-bond acceptors (Lipinski definition) is 4. The fourth-order valence-electron chi connectivity index (χ4n) is 2.74. The van der Waals surface area contributed by atoms with Gasteiger partial charge in [-0.2, -0.15) is 0 Å². The van der Waals surface area contributed by atoms with Crippen molar-refractivity contribution in [2.24, 2.45) is 0 Å². The lowest BCUT2D eigenvalue weighted by atomic mass is 9.98. The maximum atomic E-state index is 12.7. The van der Waals surface area contributed by atoms with Gasteiger partial charge in [-0.25, -0.2) is 0 Å². The van der Waals surface area contributed by atoms with Gasteiger partial charge in [0.25, 0.3) is 0 Å². The molecule has 0 unspecified atom stereocenters. The monoisotopic (exact) mass is 310 g/mol. The number of benzene rings is 2. The fourth-order valence-corrected chi connectivity index (χ4v) is 2.74. The molecular weight excluding hydrogens is 292 g/mol. The van der Waals surface area contributed by atoms with Crippen LogP contribution in [-0.4, -0.2) is 20.0 Å². The summed E-state index contributed by atoms with van der Waals surface area (Å²) in [5, 5.41) is 0.798. The van der Waals surface area contributed by atoms with Crippen molar-refractivity contribution in [3.63, 3.8) is 0 Å². The van der Waals surface area contributed by atoms with E-state index in [1.807, 2.05) is 30.3 Å². The van der Waals surface area contributed by atoms with Crippen molar-refractivity contribution < 1.29 is 18.7 Å². The number of methoxy groups -OCH3 is 2. The molecule has 0 saturated heterocycles. The number of rotatable bonds is 6. The SMILES string of the molecule is COc1c(C(=O)C[C@@H](OC)c2ccccc2)ccc2occc12. The Labute approximate surface area is 134 Å². The summed E-state index contributed by atoms with van der Waals surface area (Å²) in [5.74, 6) is 0.518. The molecule has 0 spiro atoms. The lowest BCUT2D eigenvalue weighted by Gasteiger charge is -2.16. The van der Waals surface area contributed by atoms with Crippen LogP contribution in [0.1, 0.15) is 28.4 Å². The fraction of sp³-hybridized carbons (Fsp3) is 0.211. The molecule has 0 aliphatic heterocycles. The highest BCUT2D eigenvalue weighted by Crippen LogP contribution is 2.33. The molecule has 0 aliphatic rings. The van der Waals surface area contributed by atoms with Crippen LogP contribution in [0.25, 0.3) is 11.0 Å². The average molecular weight is 310 g/mol. The number of ether oxygens (including phenoxy) is 2. The van der Waals surface area contributed by atoms with Gasteiger partial charge in [-0.3, -0.25) is 4.79 Å². The highest BCUT2D eigenvalue weighted by atomic mass is 16.5. The largest absolute Gasteiger partial charge is 0.495 e. The van der Waals surface area contributed by atoms with Gasteiger partial charge in [-0.15, -0.1) is 0 Å². The predicted molar refractivity (Wildman–Crippen MR) is 87.9 cm³/mol. The van der Waals surface area contributed by atoms with Crippen LogP contribution in [0.4, 0.5) is 0 Å². The number of carbonyl (C=O) groups is 1. The quantitative estimate of drug-likeness (QED) is 0.633. The van der Waals surface area contributed by atoms with Crippen molar-refractivity contribution in [2.75, 3.05) is 14.2 Å². The second kappa shape index (κ2) is 6.67. The van der Waals surface area contributed by atoms with Gasteiger partial charge in [-0.05, 0) is 23.8 Å². The third kappa shape index (κ3) is 2.98. The highest BCUT2D eigenvalue weighted by molar-refractivity contribution is 6.04. The van der Waals surface area contributed by atoms with Gasteiger partial charge in [0, 0.05) is 13.5 Å². The third-order valence-electron chi connectivity index (χ3n) is 3.92. The summed E-state index contributed by atoms with van der Waals surface area (Å²) in [6, 6.07) is 15.0. The van der Waals surface area contributed by atoms with E-state index in [2.05, 4.69) is 0 Å². The van der Waals surface area contributed by atoms with Crippen molar-refractivity contribution in [1.82, 2.24) is 0 Å². The van der Waals surface area contributed by atoms with Crippen LogP contribution >= 0.6 is 0 Å². The molecule has 1 atom stereocenters. The Morgan fingerprint density at radius 3 is 2.57 bits per heavy atom. The van der Waals surface area contributed by atoms with E-state index in [0.717, 1.165) is 10.9 Å². The number of ketones is 1. The topological polar surface area (TPSA) is 48.7 Å². The molecule has 2 aromatic carbocycles. The smallest absolute Gasteiger partial charge is 0.169 e. The molecular formula is C19H18O4. The number of furan rings is 1. The second-order valence-electron chi connectivity index (χ2n) is 5.24. The van der Waals surface area contributed by atoms with Gasteiger partial charge in [0.05, 0.1) is 30.4 Å². The van der Waals surface area contributed by atoms with E-state index in [0.29, 0.717) is 16.9 Å². The van der Waals surface area contributed by atoms with Crippen LogP contribution in [0.2, 0.25) is 0 Å². The van der Waals surface area contributed by atoms with E-state index < -0.39 is 0 Å². The zero-order valence-electron chi connectivity index (χ0n) is 13.1. The minimum Gasteiger partial charge on any atom is -0.495 e. The summed E-state index contributed by atoms with van der Waals surface area (Å²) in [7, 11) is 3.17. The summed E-state index contributed by atoms with van der Waals surface area (Å²) in [5.41, 5.74) is 2.22. The van der Waals surface area contributed by atoms with Crippen molar-refractivity contribution in [1.29, 1.82) is 0 Å². The van der Waals surface area contributed by atoms with E-state index in [9.17, 15) is 4.79 Å². The van der Waals surface area contributed by atoms with Gasteiger partial charge in [-0.1, -0.05) is 30.3 Å². The lowest BCUT2D eigenvalue weighted by molar-refractivity contribution is 0.0728. The Morgan fingerprint density at radius 1 is 1.09 bits per heavy atom. The van der Waals surface area contributed by atoms with Gasteiger partial charge < -0.3 is 13.9 Å². The van der Waals surface area contributed by atoms with Gasteiger partial charge in [0.2, 0.25) is 0 Å². The van der Waals surface area contributed by atoms with E-state index >= 15 is 0 Å². The van der Waals surface area contributed by atoms with Crippen LogP contribution < -0.4 is 4.74 Å². The van der Waals surface area contributed by atoms with Crippen molar-refractivity contribution in [3.8, 4) is 5.75 Å². The maximum absolute atomic E-state index is 12.7.